The molecular formula is C13H20F2N4. The average Bonchev–Trinajstić information content (AvgIpc) is 2.36. The summed E-state index contributed by atoms with van der Waals surface area (Å²) in [5.74, 6) is -0.300. The molecule has 4 nitrogen and oxygen atoms in total. The zero-order valence-corrected chi connectivity index (χ0v) is 11.0. The molecule has 1 aromatic rings. The lowest BCUT2D eigenvalue weighted by Crippen LogP contribution is -2.40. The smallest absolute Gasteiger partial charge is 0.304 e. The van der Waals surface area contributed by atoms with Gasteiger partial charge in [-0.3, -0.25) is 10.7 Å². The Morgan fingerprint density at radius 3 is 2.37 bits per heavy atom. The van der Waals surface area contributed by atoms with Crippen molar-refractivity contribution >= 4 is 5.96 Å². The second kappa shape index (κ2) is 7.04. The molecular weight excluding hydrogens is 250 g/mol. The van der Waals surface area contributed by atoms with Crippen molar-refractivity contribution in [2.75, 3.05) is 6.54 Å². The maximum Gasteiger partial charge on any atom is 0.304 e. The molecule has 5 N–H and O–H groups in total. The van der Waals surface area contributed by atoms with Crippen LogP contribution in [-0.2, 0) is 13.0 Å². The summed E-state index contributed by atoms with van der Waals surface area (Å²) in [6, 6.07) is 4.58. The molecule has 0 heterocycles. The van der Waals surface area contributed by atoms with Crippen molar-refractivity contribution in [1.29, 1.82) is 5.41 Å². The molecule has 0 atom stereocenters. The van der Waals surface area contributed by atoms with Crippen LogP contribution in [0.5, 0.6) is 0 Å². The van der Waals surface area contributed by atoms with Crippen LogP contribution in [-0.4, -0.2) is 18.6 Å². The number of benzene rings is 1. The summed E-state index contributed by atoms with van der Waals surface area (Å²) < 4.78 is 26.9. The topological polar surface area (TPSA) is 73.9 Å². The predicted octanol–water partition coefficient (Wildman–Crippen LogP) is 1.80. The first-order valence-electron chi connectivity index (χ1n) is 6.21. The predicted molar refractivity (Wildman–Crippen MR) is 72.1 cm³/mol. The Morgan fingerprint density at radius 2 is 1.84 bits per heavy atom. The van der Waals surface area contributed by atoms with E-state index in [1.807, 2.05) is 31.2 Å². The van der Waals surface area contributed by atoms with Crippen LogP contribution in [0.2, 0.25) is 0 Å². The Balaban J connectivity index is 2.38. The van der Waals surface area contributed by atoms with Crippen LogP contribution in [0.25, 0.3) is 0 Å². The molecule has 0 saturated heterocycles. The van der Waals surface area contributed by atoms with Crippen molar-refractivity contribution in [3.63, 3.8) is 0 Å². The highest BCUT2D eigenvalue weighted by Gasteiger charge is 2.27. The average molecular weight is 270 g/mol. The van der Waals surface area contributed by atoms with Crippen LogP contribution in [0.15, 0.2) is 24.3 Å². The van der Waals surface area contributed by atoms with Crippen molar-refractivity contribution in [3.05, 3.63) is 35.4 Å². The summed E-state index contributed by atoms with van der Waals surface area (Å²) >= 11 is 0. The molecule has 0 bridgehead atoms. The number of guanidine groups is 1. The van der Waals surface area contributed by atoms with Crippen molar-refractivity contribution in [2.24, 2.45) is 5.73 Å². The summed E-state index contributed by atoms with van der Waals surface area (Å²) in [4.78, 5) is 0. The zero-order valence-electron chi connectivity index (χ0n) is 11.0. The Kier molecular flexibility index (Phi) is 5.69. The van der Waals surface area contributed by atoms with E-state index in [0.29, 0.717) is 0 Å². The molecule has 0 fully saturated rings. The van der Waals surface area contributed by atoms with Gasteiger partial charge in [0.25, 0.3) is 0 Å². The molecule has 0 aromatic heterocycles. The number of alkyl halides is 2. The van der Waals surface area contributed by atoms with Gasteiger partial charge in [-0.05, 0) is 17.5 Å². The lowest BCUT2D eigenvalue weighted by molar-refractivity contribution is -0.0428. The van der Waals surface area contributed by atoms with Gasteiger partial charge in [-0.15, -0.1) is 0 Å². The molecule has 0 radical (unpaired) electrons. The third-order valence-corrected chi connectivity index (χ3v) is 2.74. The van der Waals surface area contributed by atoms with Crippen LogP contribution in [0.1, 0.15) is 24.5 Å². The van der Waals surface area contributed by atoms with E-state index in [2.05, 4.69) is 10.6 Å². The van der Waals surface area contributed by atoms with Crippen molar-refractivity contribution in [3.8, 4) is 0 Å². The van der Waals surface area contributed by atoms with Gasteiger partial charge >= 0.3 is 6.05 Å². The number of aryl methyl sites for hydroxylation is 1. The first kappa shape index (κ1) is 15.4. The van der Waals surface area contributed by atoms with Gasteiger partial charge in [-0.2, -0.15) is 8.78 Å². The van der Waals surface area contributed by atoms with Gasteiger partial charge in [0.15, 0.2) is 5.96 Å². The van der Waals surface area contributed by atoms with Gasteiger partial charge < -0.3 is 11.1 Å². The monoisotopic (exact) mass is 270 g/mol. The first-order chi connectivity index (χ1) is 8.93. The molecule has 6 heteroatoms. The van der Waals surface area contributed by atoms with Gasteiger partial charge in [0.05, 0.1) is 0 Å². The van der Waals surface area contributed by atoms with E-state index in [1.54, 1.807) is 0 Å². The molecule has 0 spiro atoms. The number of rotatable bonds is 7. The maximum absolute atomic E-state index is 13.4. The lowest BCUT2D eigenvalue weighted by atomic mass is 10.1. The van der Waals surface area contributed by atoms with E-state index in [0.717, 1.165) is 12.0 Å². The van der Waals surface area contributed by atoms with Crippen LogP contribution in [0, 0.1) is 5.41 Å². The van der Waals surface area contributed by atoms with Gasteiger partial charge in [-0.25, -0.2) is 0 Å². The SMILES string of the molecule is CCc1ccc(CNC(F)(F)CCNC(=N)N)cc1. The Morgan fingerprint density at radius 1 is 1.26 bits per heavy atom. The van der Waals surface area contributed by atoms with Crippen LogP contribution in [0.4, 0.5) is 8.78 Å². The molecule has 106 valence electrons. The molecule has 0 amide bonds. The highest BCUT2D eigenvalue weighted by Crippen LogP contribution is 2.15. The fourth-order valence-corrected chi connectivity index (χ4v) is 1.57. The minimum absolute atomic E-state index is 0.0376. The quantitative estimate of drug-likeness (QED) is 0.347. The third-order valence-electron chi connectivity index (χ3n) is 2.74. The number of nitrogens with one attached hydrogen (secondary N) is 3. The van der Waals surface area contributed by atoms with E-state index in [1.165, 1.54) is 5.56 Å². The van der Waals surface area contributed by atoms with Crippen LogP contribution < -0.4 is 16.4 Å². The molecule has 0 aliphatic rings. The highest BCUT2D eigenvalue weighted by atomic mass is 19.3. The number of hydrogen-bond donors (Lipinski definition) is 4. The summed E-state index contributed by atoms with van der Waals surface area (Å²) in [5.41, 5.74) is 7.02. The summed E-state index contributed by atoms with van der Waals surface area (Å²) in [5, 5.41) is 11.4. The molecule has 0 unspecified atom stereocenters. The minimum atomic E-state index is -2.98. The third kappa shape index (κ3) is 6.15. The zero-order chi connectivity index (χ0) is 14.3. The van der Waals surface area contributed by atoms with Crippen molar-refractivity contribution < 1.29 is 8.78 Å². The number of hydrogen-bond acceptors (Lipinski definition) is 2. The van der Waals surface area contributed by atoms with Gasteiger partial charge in [0, 0.05) is 19.5 Å². The lowest BCUT2D eigenvalue weighted by Gasteiger charge is -2.18. The maximum atomic E-state index is 13.4. The van der Waals surface area contributed by atoms with E-state index < -0.39 is 12.5 Å². The molecule has 1 rings (SSSR count). The fourth-order valence-electron chi connectivity index (χ4n) is 1.57. The summed E-state index contributed by atoms with van der Waals surface area (Å²) in [6.07, 6.45) is 0.514. The minimum Gasteiger partial charge on any atom is -0.370 e. The highest BCUT2D eigenvalue weighted by molar-refractivity contribution is 5.74. The molecule has 0 aliphatic heterocycles. The number of nitrogens with two attached hydrogens (primary N) is 1. The van der Waals surface area contributed by atoms with Gasteiger partial charge in [0.2, 0.25) is 0 Å². The van der Waals surface area contributed by atoms with Crippen LogP contribution in [0.3, 0.4) is 0 Å². The Labute approximate surface area is 111 Å². The fraction of sp³-hybridized carbons (Fsp3) is 0.462. The standard InChI is InChI=1S/C13H20F2N4/c1-2-10-3-5-11(6-4-10)9-19-13(14,15)7-8-18-12(16)17/h3-6,19H,2,7-9H2,1H3,(H4,16,17,18). The Hall–Kier alpha value is -1.69. The van der Waals surface area contributed by atoms with Crippen molar-refractivity contribution in [2.45, 2.75) is 32.4 Å². The first-order valence-corrected chi connectivity index (χ1v) is 6.21. The largest absolute Gasteiger partial charge is 0.370 e. The second-order valence-electron chi connectivity index (χ2n) is 4.32. The van der Waals surface area contributed by atoms with Gasteiger partial charge in [-0.1, -0.05) is 31.2 Å². The van der Waals surface area contributed by atoms with Crippen LogP contribution >= 0.6 is 0 Å². The van der Waals surface area contributed by atoms with E-state index in [9.17, 15) is 8.78 Å². The summed E-state index contributed by atoms with van der Waals surface area (Å²) in [6.45, 7) is 2.12. The van der Waals surface area contributed by atoms with Crippen molar-refractivity contribution in [1.82, 2.24) is 10.6 Å². The van der Waals surface area contributed by atoms with Gasteiger partial charge in [0.1, 0.15) is 0 Å². The Bertz CT molecular complexity index is 404. The number of halogens is 2. The molecule has 19 heavy (non-hydrogen) atoms. The van der Waals surface area contributed by atoms with E-state index in [-0.39, 0.29) is 19.0 Å². The molecule has 0 aliphatic carbocycles. The summed E-state index contributed by atoms with van der Waals surface area (Å²) in [7, 11) is 0. The van der Waals surface area contributed by atoms with E-state index in [4.69, 9.17) is 11.1 Å². The normalized spacial score (nSPS) is 11.3. The second-order valence-corrected chi connectivity index (χ2v) is 4.32. The van der Waals surface area contributed by atoms with E-state index >= 15 is 0 Å². The molecule has 1 aromatic carbocycles. The molecule has 0 saturated carbocycles.